The number of carbonyl (C=O) groups is 2. The summed E-state index contributed by atoms with van der Waals surface area (Å²) in [4.78, 5) is 23.9. The highest BCUT2D eigenvalue weighted by atomic mass is 32.2. The van der Waals surface area contributed by atoms with Gasteiger partial charge in [0.25, 0.3) is 0 Å². The van der Waals surface area contributed by atoms with E-state index in [4.69, 9.17) is 0 Å². The fourth-order valence-electron chi connectivity index (χ4n) is 2.03. The molecule has 2 heterocycles. The lowest BCUT2D eigenvalue weighted by Gasteiger charge is -2.20. The summed E-state index contributed by atoms with van der Waals surface area (Å²) in [5.74, 6) is -0.287. The van der Waals surface area contributed by atoms with E-state index in [-0.39, 0.29) is 25.0 Å². The molecular weight excluding hydrogens is 234 g/mol. The van der Waals surface area contributed by atoms with Crippen molar-refractivity contribution in [2.24, 2.45) is 0 Å². The first-order valence-electron chi connectivity index (χ1n) is 4.94. The van der Waals surface area contributed by atoms with Crippen LogP contribution in [0.2, 0.25) is 0 Å². The van der Waals surface area contributed by atoms with E-state index in [0.717, 1.165) is 11.2 Å². The molecule has 0 bridgehead atoms. The average molecular weight is 247 g/mol. The Morgan fingerprint density at radius 1 is 1.38 bits per heavy atom. The molecule has 16 heavy (non-hydrogen) atoms. The molecule has 0 aromatic heterocycles. The first-order chi connectivity index (χ1) is 7.39. The monoisotopic (exact) mass is 247 g/mol. The lowest BCUT2D eigenvalue weighted by molar-refractivity contribution is -0.126. The molecule has 2 rings (SSSR count). The number of hydrogen-bond donors (Lipinski definition) is 1. The Morgan fingerprint density at radius 3 is 2.50 bits per heavy atom. The quantitative estimate of drug-likeness (QED) is 0.606. The van der Waals surface area contributed by atoms with Gasteiger partial charge in [-0.2, -0.15) is 0 Å². The van der Waals surface area contributed by atoms with E-state index >= 15 is 0 Å². The van der Waals surface area contributed by atoms with E-state index in [9.17, 15) is 18.0 Å². The first kappa shape index (κ1) is 11.3. The molecular formula is C8H13N3O4S. The minimum atomic E-state index is -3.24. The van der Waals surface area contributed by atoms with Gasteiger partial charge in [0.15, 0.2) is 0 Å². The third kappa shape index (κ3) is 1.90. The van der Waals surface area contributed by atoms with E-state index in [1.54, 1.807) is 0 Å². The standard InChI is InChI=1S/C8H13N3O4S/c1-16(14,15)10-3-2-6(5-10)11-7(12)4-9-8(11)13/h6H,2-5H2,1H3,(H,9,13). The summed E-state index contributed by atoms with van der Waals surface area (Å²) in [5.41, 5.74) is 0. The fourth-order valence-corrected chi connectivity index (χ4v) is 2.91. The summed E-state index contributed by atoms with van der Waals surface area (Å²) in [6.45, 7) is 0.576. The zero-order valence-electron chi connectivity index (χ0n) is 8.84. The van der Waals surface area contributed by atoms with Gasteiger partial charge in [-0.15, -0.1) is 0 Å². The maximum atomic E-state index is 11.4. The van der Waals surface area contributed by atoms with Crippen LogP contribution in [0.1, 0.15) is 6.42 Å². The smallest absolute Gasteiger partial charge is 0.324 e. The number of nitrogens with one attached hydrogen (secondary N) is 1. The minimum absolute atomic E-state index is 0.00814. The third-order valence-electron chi connectivity index (χ3n) is 2.84. The molecule has 0 aromatic carbocycles. The Bertz CT molecular complexity index is 417. The average Bonchev–Trinajstić information content (AvgIpc) is 2.72. The highest BCUT2D eigenvalue weighted by molar-refractivity contribution is 7.88. The number of sulfonamides is 1. The van der Waals surface area contributed by atoms with Crippen molar-refractivity contribution < 1.29 is 18.0 Å². The van der Waals surface area contributed by atoms with E-state index in [2.05, 4.69) is 5.32 Å². The maximum absolute atomic E-state index is 11.4. The minimum Gasteiger partial charge on any atom is -0.329 e. The Morgan fingerprint density at radius 2 is 2.06 bits per heavy atom. The number of nitrogens with zero attached hydrogens (tertiary/aromatic N) is 2. The second kappa shape index (κ2) is 3.70. The summed E-state index contributed by atoms with van der Waals surface area (Å²) >= 11 is 0. The van der Waals surface area contributed by atoms with Crippen molar-refractivity contribution in [1.82, 2.24) is 14.5 Å². The van der Waals surface area contributed by atoms with Gasteiger partial charge in [-0.1, -0.05) is 0 Å². The van der Waals surface area contributed by atoms with E-state index in [1.807, 2.05) is 0 Å². The number of rotatable bonds is 2. The van der Waals surface area contributed by atoms with Gasteiger partial charge in [-0.3, -0.25) is 9.69 Å². The largest absolute Gasteiger partial charge is 0.329 e. The molecule has 0 radical (unpaired) electrons. The van der Waals surface area contributed by atoms with Gasteiger partial charge in [0.2, 0.25) is 15.9 Å². The van der Waals surface area contributed by atoms with Gasteiger partial charge < -0.3 is 5.32 Å². The van der Waals surface area contributed by atoms with Crippen molar-refractivity contribution in [3.8, 4) is 0 Å². The SMILES string of the molecule is CS(=O)(=O)N1CCC(N2C(=O)CNC2=O)C1. The van der Waals surface area contributed by atoms with E-state index in [1.165, 1.54) is 4.31 Å². The van der Waals surface area contributed by atoms with Crippen LogP contribution in [-0.2, 0) is 14.8 Å². The summed E-state index contributed by atoms with van der Waals surface area (Å²) in [6, 6.07) is -0.755. The molecule has 2 fully saturated rings. The van der Waals surface area contributed by atoms with Crippen molar-refractivity contribution >= 4 is 22.0 Å². The number of imide groups is 1. The number of hydrogen-bond acceptors (Lipinski definition) is 4. The van der Waals surface area contributed by atoms with Gasteiger partial charge in [0.05, 0.1) is 18.8 Å². The van der Waals surface area contributed by atoms with Crippen LogP contribution in [0.5, 0.6) is 0 Å². The van der Waals surface area contributed by atoms with Crippen LogP contribution in [0.25, 0.3) is 0 Å². The Kier molecular flexibility index (Phi) is 2.62. The molecule has 0 aliphatic carbocycles. The fraction of sp³-hybridized carbons (Fsp3) is 0.750. The number of carbonyl (C=O) groups excluding carboxylic acids is 2. The topological polar surface area (TPSA) is 86.8 Å². The highest BCUT2D eigenvalue weighted by Gasteiger charge is 2.40. The summed E-state index contributed by atoms with van der Waals surface area (Å²) in [5, 5.41) is 2.42. The molecule has 0 aromatic rings. The first-order valence-corrected chi connectivity index (χ1v) is 6.79. The zero-order valence-corrected chi connectivity index (χ0v) is 9.66. The van der Waals surface area contributed by atoms with E-state index in [0.29, 0.717) is 13.0 Å². The van der Waals surface area contributed by atoms with Crippen LogP contribution in [-0.4, -0.2) is 61.5 Å². The Balaban J connectivity index is 2.09. The molecule has 1 N–H and O–H groups in total. The van der Waals surface area contributed by atoms with Crippen molar-refractivity contribution in [3.63, 3.8) is 0 Å². The molecule has 2 aliphatic rings. The molecule has 1 atom stereocenters. The molecule has 8 heteroatoms. The van der Waals surface area contributed by atoms with Gasteiger partial charge >= 0.3 is 6.03 Å². The second-order valence-electron chi connectivity index (χ2n) is 3.99. The molecule has 7 nitrogen and oxygen atoms in total. The van der Waals surface area contributed by atoms with Crippen LogP contribution < -0.4 is 5.32 Å². The molecule has 90 valence electrons. The summed E-state index contributed by atoms with van der Waals surface area (Å²) in [7, 11) is -3.24. The molecule has 2 aliphatic heterocycles. The number of urea groups is 1. The Labute approximate surface area is 93.4 Å². The predicted octanol–water partition coefficient (Wildman–Crippen LogP) is -1.43. The van der Waals surface area contributed by atoms with Crippen molar-refractivity contribution in [2.75, 3.05) is 25.9 Å². The van der Waals surface area contributed by atoms with Crippen LogP contribution in [0.15, 0.2) is 0 Å². The summed E-state index contributed by atoms with van der Waals surface area (Å²) < 4.78 is 23.8. The van der Waals surface area contributed by atoms with Crippen molar-refractivity contribution in [2.45, 2.75) is 12.5 Å². The third-order valence-corrected chi connectivity index (χ3v) is 4.11. The van der Waals surface area contributed by atoms with Gasteiger partial charge in [0.1, 0.15) is 0 Å². The number of amides is 3. The summed E-state index contributed by atoms with van der Waals surface area (Å²) in [6.07, 6.45) is 1.63. The molecule has 0 spiro atoms. The molecule has 3 amide bonds. The highest BCUT2D eigenvalue weighted by Crippen LogP contribution is 2.19. The van der Waals surface area contributed by atoms with Gasteiger partial charge in [-0.05, 0) is 6.42 Å². The van der Waals surface area contributed by atoms with E-state index < -0.39 is 16.1 Å². The molecule has 1 unspecified atom stereocenters. The van der Waals surface area contributed by atoms with Gasteiger partial charge in [-0.25, -0.2) is 17.5 Å². The van der Waals surface area contributed by atoms with Crippen molar-refractivity contribution in [1.29, 1.82) is 0 Å². The van der Waals surface area contributed by atoms with Gasteiger partial charge in [0, 0.05) is 13.1 Å². The zero-order chi connectivity index (χ0) is 11.9. The van der Waals surface area contributed by atoms with Crippen molar-refractivity contribution in [3.05, 3.63) is 0 Å². The van der Waals surface area contributed by atoms with Crippen LogP contribution in [0, 0.1) is 0 Å². The predicted molar refractivity (Wildman–Crippen MR) is 55.1 cm³/mol. The normalized spacial score (nSPS) is 27.6. The maximum Gasteiger partial charge on any atom is 0.324 e. The van der Waals surface area contributed by atoms with Crippen LogP contribution in [0.3, 0.4) is 0 Å². The second-order valence-corrected chi connectivity index (χ2v) is 5.97. The van der Waals surface area contributed by atoms with Crippen LogP contribution in [0.4, 0.5) is 4.79 Å². The lowest BCUT2D eigenvalue weighted by Crippen LogP contribution is -2.42. The Hall–Kier alpha value is -1.15. The lowest BCUT2D eigenvalue weighted by atomic mass is 10.2. The molecule has 2 saturated heterocycles. The van der Waals surface area contributed by atoms with Crippen LogP contribution >= 0.6 is 0 Å². The molecule has 0 saturated carbocycles.